The molecule has 0 amide bonds. The van der Waals surface area contributed by atoms with Crippen LogP contribution < -0.4 is 4.18 Å². The average Bonchev–Trinajstić information content (AvgIpc) is 2.25. The second-order valence-corrected chi connectivity index (χ2v) is 4.91. The van der Waals surface area contributed by atoms with Crippen molar-refractivity contribution < 1.29 is 32.0 Å². The molecule has 0 spiro atoms. The summed E-state index contributed by atoms with van der Waals surface area (Å²) >= 11 is 0. The lowest BCUT2D eigenvalue weighted by Gasteiger charge is -2.06. The summed E-state index contributed by atoms with van der Waals surface area (Å²) in [6, 6.07) is 3.14. The molecule has 0 bridgehead atoms. The predicted octanol–water partition coefficient (Wildman–Crippen LogP) is 0.510. The number of hydrogen-bond acceptors (Lipinski definition) is 6. The molecule has 8 heteroatoms. The van der Waals surface area contributed by atoms with Gasteiger partial charge in [0.15, 0.2) is 0 Å². The Morgan fingerprint density at radius 1 is 1.17 bits per heavy atom. The number of carboxylic acids is 1. The van der Waals surface area contributed by atoms with Crippen LogP contribution in [0.15, 0.2) is 18.2 Å². The van der Waals surface area contributed by atoms with Crippen LogP contribution in [0, 0.1) is 0 Å². The highest BCUT2D eigenvalue weighted by Gasteiger charge is 2.15. The zero-order valence-corrected chi connectivity index (χ0v) is 10.4. The van der Waals surface area contributed by atoms with Gasteiger partial charge in [-0.2, -0.15) is 8.42 Å². The lowest BCUT2D eigenvalue weighted by molar-refractivity contribution is 0.0600. The fourth-order valence-electron chi connectivity index (χ4n) is 1.18. The first-order chi connectivity index (χ1) is 8.23. The van der Waals surface area contributed by atoms with Crippen LogP contribution in [0.5, 0.6) is 5.75 Å². The van der Waals surface area contributed by atoms with Gasteiger partial charge in [-0.15, -0.1) is 0 Å². The third-order valence-corrected chi connectivity index (χ3v) is 2.32. The Bertz CT molecular complexity index is 588. The molecule has 0 aliphatic heterocycles. The number of carbonyl (C=O) groups is 2. The van der Waals surface area contributed by atoms with E-state index in [0.29, 0.717) is 0 Å². The van der Waals surface area contributed by atoms with Crippen molar-refractivity contribution in [2.45, 2.75) is 0 Å². The normalized spacial score (nSPS) is 10.8. The maximum atomic E-state index is 11.3. The summed E-state index contributed by atoms with van der Waals surface area (Å²) in [6.07, 6.45) is 0.804. The number of ether oxygens (including phenoxy) is 1. The standard InChI is InChI=1S/C10H10O7S/c1-16-10(13)7-3-6(9(11)12)4-8(5-7)17-18(2,14)15/h3-5H,1-2H3,(H,11,12). The Morgan fingerprint density at radius 2 is 1.72 bits per heavy atom. The second-order valence-electron chi connectivity index (χ2n) is 3.33. The first kappa shape index (κ1) is 14.0. The van der Waals surface area contributed by atoms with E-state index in [0.717, 1.165) is 31.6 Å². The summed E-state index contributed by atoms with van der Waals surface area (Å²) in [7, 11) is -2.70. The van der Waals surface area contributed by atoms with Crippen molar-refractivity contribution in [3.63, 3.8) is 0 Å². The molecule has 0 saturated carbocycles. The van der Waals surface area contributed by atoms with Crippen LogP contribution in [-0.4, -0.2) is 38.8 Å². The van der Waals surface area contributed by atoms with Crippen LogP contribution in [-0.2, 0) is 14.9 Å². The smallest absolute Gasteiger partial charge is 0.338 e. The number of esters is 1. The largest absolute Gasteiger partial charge is 0.478 e. The topological polar surface area (TPSA) is 107 Å². The summed E-state index contributed by atoms with van der Waals surface area (Å²) in [5.41, 5.74) is -0.396. The third-order valence-electron chi connectivity index (χ3n) is 1.82. The van der Waals surface area contributed by atoms with Gasteiger partial charge in [0.05, 0.1) is 24.5 Å². The quantitative estimate of drug-likeness (QED) is 0.629. The molecular weight excluding hydrogens is 264 g/mol. The van der Waals surface area contributed by atoms with E-state index in [2.05, 4.69) is 8.92 Å². The minimum absolute atomic E-state index is 0.115. The van der Waals surface area contributed by atoms with Crippen molar-refractivity contribution in [3.05, 3.63) is 29.3 Å². The lowest BCUT2D eigenvalue weighted by atomic mass is 10.1. The molecule has 0 aliphatic rings. The highest BCUT2D eigenvalue weighted by atomic mass is 32.2. The van der Waals surface area contributed by atoms with Crippen molar-refractivity contribution in [2.75, 3.05) is 13.4 Å². The molecule has 0 unspecified atom stereocenters. The lowest BCUT2D eigenvalue weighted by Crippen LogP contribution is -2.09. The van der Waals surface area contributed by atoms with Crippen LogP contribution in [0.4, 0.5) is 0 Å². The van der Waals surface area contributed by atoms with Crippen LogP contribution >= 0.6 is 0 Å². The number of aromatic carboxylic acids is 1. The number of carboxylic acid groups (broad SMARTS) is 1. The molecule has 0 atom stereocenters. The Morgan fingerprint density at radius 3 is 2.17 bits per heavy atom. The van der Waals surface area contributed by atoms with Gasteiger partial charge in [0.25, 0.3) is 0 Å². The van der Waals surface area contributed by atoms with E-state index in [9.17, 15) is 18.0 Å². The van der Waals surface area contributed by atoms with Gasteiger partial charge in [0.2, 0.25) is 0 Å². The molecule has 98 valence electrons. The van der Waals surface area contributed by atoms with E-state index in [-0.39, 0.29) is 16.9 Å². The van der Waals surface area contributed by atoms with Gasteiger partial charge in [-0.25, -0.2) is 9.59 Å². The van der Waals surface area contributed by atoms with E-state index in [1.165, 1.54) is 0 Å². The molecule has 1 rings (SSSR count). The maximum absolute atomic E-state index is 11.3. The maximum Gasteiger partial charge on any atom is 0.338 e. The minimum atomic E-state index is -3.81. The highest BCUT2D eigenvalue weighted by Crippen LogP contribution is 2.19. The van der Waals surface area contributed by atoms with E-state index in [1.54, 1.807) is 0 Å². The Balaban J connectivity index is 3.31. The molecule has 1 N–H and O–H groups in total. The SMILES string of the molecule is COC(=O)c1cc(OS(C)(=O)=O)cc(C(=O)O)c1. The second kappa shape index (κ2) is 5.05. The third kappa shape index (κ3) is 3.74. The fourth-order valence-corrected chi connectivity index (χ4v) is 1.63. The molecule has 1 aromatic rings. The number of rotatable bonds is 4. The number of methoxy groups -OCH3 is 1. The van der Waals surface area contributed by atoms with Crippen molar-refractivity contribution in [3.8, 4) is 5.75 Å². The molecule has 0 radical (unpaired) electrons. The van der Waals surface area contributed by atoms with Crippen LogP contribution in [0.1, 0.15) is 20.7 Å². The first-order valence-corrected chi connectivity index (χ1v) is 6.41. The number of hydrogen-bond donors (Lipinski definition) is 1. The number of benzene rings is 1. The summed E-state index contributed by atoms with van der Waals surface area (Å²) in [5.74, 6) is -2.38. The molecule has 0 heterocycles. The van der Waals surface area contributed by atoms with Gasteiger partial charge >= 0.3 is 22.1 Å². The zero-order valence-electron chi connectivity index (χ0n) is 9.54. The predicted molar refractivity (Wildman–Crippen MR) is 60.2 cm³/mol. The summed E-state index contributed by atoms with van der Waals surface area (Å²) < 4.78 is 30.8. The summed E-state index contributed by atoms with van der Waals surface area (Å²) in [4.78, 5) is 22.1. The molecule has 0 saturated heterocycles. The molecule has 1 aromatic carbocycles. The molecule has 0 aliphatic carbocycles. The Labute approximate surface area is 103 Å². The van der Waals surface area contributed by atoms with Crippen LogP contribution in [0.25, 0.3) is 0 Å². The number of carbonyl (C=O) groups excluding carboxylic acids is 1. The molecular formula is C10H10O7S. The van der Waals surface area contributed by atoms with Crippen LogP contribution in [0.2, 0.25) is 0 Å². The zero-order chi connectivity index (χ0) is 13.9. The van der Waals surface area contributed by atoms with Gasteiger partial charge in [0.1, 0.15) is 5.75 Å². The van der Waals surface area contributed by atoms with Gasteiger partial charge in [0, 0.05) is 0 Å². The Kier molecular flexibility index (Phi) is 3.92. The fraction of sp³-hybridized carbons (Fsp3) is 0.200. The van der Waals surface area contributed by atoms with Gasteiger partial charge in [-0.1, -0.05) is 0 Å². The van der Waals surface area contributed by atoms with E-state index < -0.39 is 22.1 Å². The first-order valence-electron chi connectivity index (χ1n) is 4.59. The van der Waals surface area contributed by atoms with E-state index in [1.807, 2.05) is 0 Å². The van der Waals surface area contributed by atoms with Gasteiger partial charge in [-0.3, -0.25) is 0 Å². The van der Waals surface area contributed by atoms with Crippen molar-refractivity contribution in [2.24, 2.45) is 0 Å². The van der Waals surface area contributed by atoms with Gasteiger partial charge < -0.3 is 14.0 Å². The Hall–Kier alpha value is -2.09. The average molecular weight is 274 g/mol. The van der Waals surface area contributed by atoms with E-state index >= 15 is 0 Å². The molecule has 18 heavy (non-hydrogen) atoms. The summed E-state index contributed by atoms with van der Waals surface area (Å²) in [6.45, 7) is 0. The summed E-state index contributed by atoms with van der Waals surface area (Å²) in [5, 5.41) is 8.83. The highest BCUT2D eigenvalue weighted by molar-refractivity contribution is 7.86. The van der Waals surface area contributed by atoms with E-state index in [4.69, 9.17) is 5.11 Å². The molecule has 0 aromatic heterocycles. The minimum Gasteiger partial charge on any atom is -0.478 e. The van der Waals surface area contributed by atoms with Crippen molar-refractivity contribution >= 4 is 22.1 Å². The monoisotopic (exact) mass is 274 g/mol. The van der Waals surface area contributed by atoms with Crippen LogP contribution in [0.3, 0.4) is 0 Å². The molecule has 7 nitrogen and oxygen atoms in total. The van der Waals surface area contributed by atoms with Crippen molar-refractivity contribution in [1.29, 1.82) is 0 Å². The van der Waals surface area contributed by atoms with Crippen molar-refractivity contribution in [1.82, 2.24) is 0 Å². The van der Waals surface area contributed by atoms with Gasteiger partial charge in [-0.05, 0) is 18.2 Å². The molecule has 0 fully saturated rings.